The van der Waals surface area contributed by atoms with Crippen molar-refractivity contribution in [2.24, 2.45) is 0 Å². The van der Waals surface area contributed by atoms with E-state index < -0.39 is 0 Å². The Morgan fingerprint density at radius 1 is 1.48 bits per heavy atom. The van der Waals surface area contributed by atoms with Crippen LogP contribution in [0.5, 0.6) is 0 Å². The van der Waals surface area contributed by atoms with Crippen molar-refractivity contribution in [2.75, 3.05) is 12.0 Å². The summed E-state index contributed by atoms with van der Waals surface area (Å²) in [6, 6.07) is 1.56. The zero-order valence-corrected chi connectivity index (χ0v) is 15.0. The number of hydrogen-bond acceptors (Lipinski definition) is 3. The minimum atomic E-state index is -0.127. The molecule has 0 aliphatic rings. The molecule has 2 heterocycles. The van der Waals surface area contributed by atoms with Crippen molar-refractivity contribution in [1.82, 2.24) is 14.5 Å². The largest absolute Gasteiger partial charge is 0.346 e. The molecule has 5 heteroatoms. The van der Waals surface area contributed by atoms with Crippen LogP contribution in [-0.2, 0) is 6.54 Å². The molecule has 0 aromatic carbocycles. The SMILES string of the molecule is C=C/C=c1\c(=C(C)C)c(-c2cc(=O)[nH]c(C)n2)cn1CCSC. The minimum Gasteiger partial charge on any atom is -0.346 e. The quantitative estimate of drug-likeness (QED) is 0.913. The summed E-state index contributed by atoms with van der Waals surface area (Å²) in [5.74, 6) is 1.65. The highest BCUT2D eigenvalue weighted by molar-refractivity contribution is 7.98. The molecule has 122 valence electrons. The van der Waals surface area contributed by atoms with Crippen LogP contribution >= 0.6 is 11.8 Å². The summed E-state index contributed by atoms with van der Waals surface area (Å²) in [6.07, 6.45) is 8.01. The van der Waals surface area contributed by atoms with E-state index in [1.165, 1.54) is 5.57 Å². The normalized spacial score (nSPS) is 11.7. The van der Waals surface area contributed by atoms with Crippen molar-refractivity contribution in [3.8, 4) is 11.3 Å². The van der Waals surface area contributed by atoms with Gasteiger partial charge in [0.05, 0.1) is 5.69 Å². The number of nitrogens with zero attached hydrogens (tertiary/aromatic N) is 2. The molecular weight excluding hydrogens is 306 g/mol. The third-order valence-corrected chi connectivity index (χ3v) is 4.16. The van der Waals surface area contributed by atoms with Crippen molar-refractivity contribution in [3.05, 3.63) is 51.7 Å². The minimum absolute atomic E-state index is 0.127. The van der Waals surface area contributed by atoms with E-state index in [4.69, 9.17) is 0 Å². The average molecular weight is 329 g/mol. The van der Waals surface area contributed by atoms with Crippen LogP contribution in [-0.4, -0.2) is 26.5 Å². The lowest BCUT2D eigenvalue weighted by Gasteiger charge is -2.01. The van der Waals surface area contributed by atoms with Crippen molar-refractivity contribution >= 4 is 23.4 Å². The Hall–Kier alpha value is -2.01. The van der Waals surface area contributed by atoms with Gasteiger partial charge in [-0.3, -0.25) is 4.79 Å². The Labute approximate surface area is 140 Å². The standard InChI is InChI=1S/C18H23N3OS/c1-6-7-16-18(12(2)3)14(11-21(16)8-9-23-5)15-10-17(22)20-13(4)19-15/h6-7,10-11H,1,8-9H2,2-5H3,(H,19,20,22)/b16-7+. The Morgan fingerprint density at radius 3 is 2.78 bits per heavy atom. The topological polar surface area (TPSA) is 50.7 Å². The van der Waals surface area contributed by atoms with Crippen LogP contribution in [0.4, 0.5) is 0 Å². The van der Waals surface area contributed by atoms with Gasteiger partial charge in [-0.15, -0.1) is 0 Å². The third-order valence-electron chi connectivity index (χ3n) is 3.57. The average Bonchev–Trinajstić information content (AvgIpc) is 2.83. The fourth-order valence-electron chi connectivity index (χ4n) is 2.67. The molecule has 0 spiro atoms. The van der Waals surface area contributed by atoms with E-state index in [1.54, 1.807) is 19.1 Å². The van der Waals surface area contributed by atoms with Crippen molar-refractivity contribution in [3.63, 3.8) is 0 Å². The second kappa shape index (κ2) is 7.51. The van der Waals surface area contributed by atoms with Gasteiger partial charge in [0, 0.05) is 40.7 Å². The van der Waals surface area contributed by atoms with Gasteiger partial charge in [0.25, 0.3) is 5.56 Å². The predicted octanol–water partition coefficient (Wildman–Crippen LogP) is 2.07. The Morgan fingerprint density at radius 2 is 2.22 bits per heavy atom. The third kappa shape index (κ3) is 3.85. The van der Waals surface area contributed by atoms with Crippen LogP contribution in [0.3, 0.4) is 0 Å². The lowest BCUT2D eigenvalue weighted by Crippen LogP contribution is -2.31. The van der Waals surface area contributed by atoms with Gasteiger partial charge in [-0.25, -0.2) is 4.98 Å². The molecule has 0 saturated carbocycles. The maximum atomic E-state index is 11.8. The van der Waals surface area contributed by atoms with E-state index in [-0.39, 0.29) is 5.56 Å². The van der Waals surface area contributed by atoms with E-state index >= 15 is 0 Å². The van der Waals surface area contributed by atoms with E-state index in [9.17, 15) is 4.79 Å². The molecule has 0 bridgehead atoms. The molecule has 0 amide bonds. The second-order valence-electron chi connectivity index (χ2n) is 5.61. The smallest absolute Gasteiger partial charge is 0.251 e. The van der Waals surface area contributed by atoms with Gasteiger partial charge in [-0.05, 0) is 33.1 Å². The summed E-state index contributed by atoms with van der Waals surface area (Å²) in [4.78, 5) is 19.0. The molecule has 0 unspecified atom stereocenters. The van der Waals surface area contributed by atoms with E-state index in [2.05, 4.69) is 47.4 Å². The lowest BCUT2D eigenvalue weighted by atomic mass is 10.1. The van der Waals surface area contributed by atoms with Crippen LogP contribution in [0.1, 0.15) is 19.7 Å². The maximum absolute atomic E-state index is 11.8. The van der Waals surface area contributed by atoms with Crippen molar-refractivity contribution in [2.45, 2.75) is 27.3 Å². The molecule has 1 N–H and O–H groups in total. The number of aromatic amines is 1. The van der Waals surface area contributed by atoms with E-state index in [1.807, 2.05) is 17.8 Å². The van der Waals surface area contributed by atoms with Gasteiger partial charge in [0.2, 0.25) is 0 Å². The first-order chi connectivity index (χ1) is 11.0. The number of allylic oxidation sites excluding steroid dienone is 1. The Bertz CT molecular complexity index is 886. The molecule has 2 aromatic rings. The fourth-order valence-corrected chi connectivity index (χ4v) is 3.05. The first-order valence-corrected chi connectivity index (χ1v) is 8.94. The zero-order valence-electron chi connectivity index (χ0n) is 14.1. The summed E-state index contributed by atoms with van der Waals surface area (Å²) >= 11 is 1.81. The van der Waals surface area contributed by atoms with Crippen molar-refractivity contribution in [1.29, 1.82) is 0 Å². The predicted molar refractivity (Wildman–Crippen MR) is 100 cm³/mol. The van der Waals surface area contributed by atoms with Crippen molar-refractivity contribution < 1.29 is 0 Å². The Kier molecular flexibility index (Phi) is 5.66. The molecule has 0 atom stereocenters. The van der Waals surface area contributed by atoms with Crippen LogP contribution < -0.4 is 16.1 Å². The molecular formula is C18H23N3OS. The molecule has 23 heavy (non-hydrogen) atoms. The molecule has 0 aliphatic heterocycles. The highest BCUT2D eigenvalue weighted by Crippen LogP contribution is 2.11. The zero-order chi connectivity index (χ0) is 17.0. The van der Waals surface area contributed by atoms with E-state index in [0.29, 0.717) is 11.5 Å². The number of thioether (sulfide) groups is 1. The Balaban J connectivity index is 2.83. The summed E-state index contributed by atoms with van der Waals surface area (Å²) in [6.45, 7) is 10.7. The molecule has 2 rings (SSSR count). The molecule has 0 radical (unpaired) electrons. The van der Waals surface area contributed by atoms with Gasteiger partial charge in [-0.1, -0.05) is 18.2 Å². The number of aromatic nitrogens is 3. The second-order valence-corrected chi connectivity index (χ2v) is 6.59. The van der Waals surface area contributed by atoms with Crippen LogP contribution in [0.15, 0.2) is 29.7 Å². The maximum Gasteiger partial charge on any atom is 0.251 e. The molecule has 4 nitrogen and oxygen atoms in total. The number of hydrogen-bond donors (Lipinski definition) is 1. The summed E-state index contributed by atoms with van der Waals surface area (Å²) in [5.41, 5.74) is 2.77. The molecule has 2 aromatic heterocycles. The van der Waals surface area contributed by atoms with Crippen LogP contribution in [0.2, 0.25) is 0 Å². The van der Waals surface area contributed by atoms with E-state index in [0.717, 1.165) is 28.4 Å². The van der Waals surface area contributed by atoms with Gasteiger partial charge < -0.3 is 9.55 Å². The first-order valence-electron chi connectivity index (χ1n) is 7.54. The van der Waals surface area contributed by atoms with Gasteiger partial charge in [-0.2, -0.15) is 11.8 Å². The highest BCUT2D eigenvalue weighted by atomic mass is 32.2. The fraction of sp³-hybridized carbons (Fsp3) is 0.333. The molecule has 0 saturated heterocycles. The summed E-state index contributed by atoms with van der Waals surface area (Å²) < 4.78 is 2.22. The number of aryl methyl sites for hydroxylation is 2. The van der Waals surface area contributed by atoms with Gasteiger partial charge >= 0.3 is 0 Å². The van der Waals surface area contributed by atoms with Crippen LogP contribution in [0.25, 0.3) is 22.9 Å². The highest BCUT2D eigenvalue weighted by Gasteiger charge is 2.10. The van der Waals surface area contributed by atoms with Gasteiger partial charge in [0.1, 0.15) is 5.82 Å². The summed E-state index contributed by atoms with van der Waals surface area (Å²) in [7, 11) is 0. The monoisotopic (exact) mass is 329 g/mol. The first kappa shape index (κ1) is 17.3. The number of H-pyrrole nitrogens is 1. The van der Waals surface area contributed by atoms with Crippen LogP contribution in [0, 0.1) is 6.92 Å². The number of nitrogens with one attached hydrogen (secondary N) is 1. The molecule has 0 aliphatic carbocycles. The lowest BCUT2D eigenvalue weighted by molar-refractivity contribution is 0.753. The summed E-state index contributed by atoms with van der Waals surface area (Å²) in [5, 5.41) is 2.24. The van der Waals surface area contributed by atoms with Gasteiger partial charge in [0.15, 0.2) is 0 Å². The molecule has 0 fully saturated rings. The number of rotatable bonds is 5.